The molecule has 6 heteroatoms. The van der Waals surface area contributed by atoms with E-state index in [-0.39, 0.29) is 5.56 Å². The molecule has 2 aromatic heterocycles. The Morgan fingerprint density at radius 2 is 1.88 bits per heavy atom. The van der Waals surface area contributed by atoms with Crippen LogP contribution in [0.25, 0.3) is 11.3 Å². The van der Waals surface area contributed by atoms with Gasteiger partial charge in [-0.3, -0.25) is 4.98 Å². The van der Waals surface area contributed by atoms with Crippen molar-refractivity contribution in [1.82, 2.24) is 19.7 Å². The Hall–Kier alpha value is -3.02. The zero-order valence-electron chi connectivity index (χ0n) is 18.8. The van der Waals surface area contributed by atoms with Crippen molar-refractivity contribution in [2.24, 2.45) is 0 Å². The van der Waals surface area contributed by atoms with E-state index in [4.69, 9.17) is 10.1 Å². The monoisotopic (exact) mass is 432 g/mol. The first-order chi connectivity index (χ1) is 15.7. The molecule has 0 saturated heterocycles. The third kappa shape index (κ3) is 5.23. The van der Waals surface area contributed by atoms with E-state index in [0.29, 0.717) is 11.6 Å². The molecule has 1 saturated carbocycles. The van der Waals surface area contributed by atoms with Gasteiger partial charge < -0.3 is 5.11 Å². The van der Waals surface area contributed by atoms with Gasteiger partial charge in [0.1, 0.15) is 5.82 Å². The van der Waals surface area contributed by atoms with Gasteiger partial charge in [-0.1, -0.05) is 63.3 Å². The molecule has 1 N–H and O–H groups in total. The number of carbonyl (C=O) groups is 1. The lowest BCUT2D eigenvalue weighted by Gasteiger charge is -2.18. The minimum Gasteiger partial charge on any atom is -0.478 e. The van der Waals surface area contributed by atoms with Gasteiger partial charge in [-0.05, 0) is 37.0 Å². The van der Waals surface area contributed by atoms with E-state index in [1.807, 2.05) is 24.3 Å². The van der Waals surface area contributed by atoms with Crippen LogP contribution in [0.5, 0.6) is 0 Å². The zero-order chi connectivity index (χ0) is 22.3. The quantitative estimate of drug-likeness (QED) is 0.428. The van der Waals surface area contributed by atoms with E-state index in [1.54, 1.807) is 18.3 Å². The van der Waals surface area contributed by atoms with Gasteiger partial charge >= 0.3 is 5.97 Å². The first-order valence-electron chi connectivity index (χ1n) is 11.9. The lowest BCUT2D eigenvalue weighted by Crippen LogP contribution is -2.08. The number of aromatic nitrogens is 4. The standard InChI is InChI=1S/C26H32N4O2/c1-2-3-7-17-30-23(28-25(29-30)21-9-5-4-6-10-21)18-19-12-14-20(15-13-19)24-22(26(31)32)11-8-16-27-24/h8,11-16,21H,2-7,9-10,17-18H2,1H3,(H,31,32). The number of pyridine rings is 1. The van der Waals surface area contributed by atoms with Crippen molar-refractivity contribution in [3.63, 3.8) is 0 Å². The lowest BCUT2D eigenvalue weighted by molar-refractivity contribution is 0.0697. The molecule has 0 unspecified atom stereocenters. The lowest BCUT2D eigenvalue weighted by atomic mass is 9.89. The maximum absolute atomic E-state index is 11.5. The summed E-state index contributed by atoms with van der Waals surface area (Å²) in [4.78, 5) is 20.8. The van der Waals surface area contributed by atoms with Gasteiger partial charge in [0.2, 0.25) is 0 Å². The van der Waals surface area contributed by atoms with Crippen LogP contribution >= 0.6 is 0 Å². The van der Waals surface area contributed by atoms with E-state index in [2.05, 4.69) is 16.6 Å². The average Bonchev–Trinajstić information content (AvgIpc) is 3.23. The van der Waals surface area contributed by atoms with E-state index in [0.717, 1.165) is 42.2 Å². The van der Waals surface area contributed by atoms with Crippen LogP contribution in [0.2, 0.25) is 0 Å². The van der Waals surface area contributed by atoms with Gasteiger partial charge in [-0.2, -0.15) is 5.10 Å². The molecule has 0 spiro atoms. The van der Waals surface area contributed by atoms with Crippen LogP contribution in [0.15, 0.2) is 42.6 Å². The third-order valence-corrected chi connectivity index (χ3v) is 6.34. The fraction of sp³-hybridized carbons (Fsp3) is 0.462. The molecule has 0 radical (unpaired) electrons. The van der Waals surface area contributed by atoms with Gasteiger partial charge in [0.25, 0.3) is 0 Å². The van der Waals surface area contributed by atoms with Crippen LogP contribution < -0.4 is 0 Å². The summed E-state index contributed by atoms with van der Waals surface area (Å²) in [6.45, 7) is 3.13. The topological polar surface area (TPSA) is 80.9 Å². The molecule has 0 amide bonds. The van der Waals surface area contributed by atoms with Crippen LogP contribution in [-0.2, 0) is 13.0 Å². The fourth-order valence-corrected chi connectivity index (χ4v) is 4.52. The van der Waals surface area contributed by atoms with E-state index in [9.17, 15) is 9.90 Å². The number of hydrogen-bond acceptors (Lipinski definition) is 4. The Balaban J connectivity index is 1.55. The SMILES string of the molecule is CCCCCn1nc(C2CCCCC2)nc1Cc1ccc(-c2ncccc2C(=O)O)cc1. The Morgan fingerprint density at radius 1 is 1.09 bits per heavy atom. The van der Waals surface area contributed by atoms with Crippen molar-refractivity contribution in [1.29, 1.82) is 0 Å². The molecular formula is C26H32N4O2. The van der Waals surface area contributed by atoms with Crippen LogP contribution in [0.4, 0.5) is 0 Å². The van der Waals surface area contributed by atoms with Gasteiger partial charge in [0.05, 0.1) is 11.3 Å². The van der Waals surface area contributed by atoms with Gasteiger partial charge in [-0.25, -0.2) is 14.5 Å². The normalized spacial score (nSPS) is 14.5. The summed E-state index contributed by atoms with van der Waals surface area (Å²) in [5.74, 6) is 1.58. The number of hydrogen-bond donors (Lipinski definition) is 1. The van der Waals surface area contributed by atoms with Crippen molar-refractivity contribution in [3.05, 3.63) is 65.4 Å². The van der Waals surface area contributed by atoms with Crippen LogP contribution in [-0.4, -0.2) is 30.8 Å². The zero-order valence-corrected chi connectivity index (χ0v) is 18.8. The molecule has 1 fully saturated rings. The second kappa shape index (κ2) is 10.5. The first-order valence-corrected chi connectivity index (χ1v) is 11.9. The number of unbranched alkanes of at least 4 members (excludes halogenated alkanes) is 2. The van der Waals surface area contributed by atoms with E-state index < -0.39 is 5.97 Å². The largest absolute Gasteiger partial charge is 0.478 e. The van der Waals surface area contributed by atoms with Crippen molar-refractivity contribution in [3.8, 4) is 11.3 Å². The molecule has 0 aliphatic heterocycles. The second-order valence-corrected chi connectivity index (χ2v) is 8.73. The predicted octanol–water partition coefficient (Wildman–Crippen LogP) is 5.87. The molecule has 2 heterocycles. The predicted molar refractivity (Wildman–Crippen MR) is 125 cm³/mol. The smallest absolute Gasteiger partial charge is 0.337 e. The van der Waals surface area contributed by atoms with E-state index >= 15 is 0 Å². The molecule has 1 aliphatic rings. The van der Waals surface area contributed by atoms with Crippen LogP contribution in [0.3, 0.4) is 0 Å². The number of aromatic carboxylic acids is 1. The Labute approximate surface area is 189 Å². The van der Waals surface area contributed by atoms with E-state index in [1.165, 1.54) is 44.9 Å². The highest BCUT2D eigenvalue weighted by Crippen LogP contribution is 2.31. The van der Waals surface area contributed by atoms with Crippen molar-refractivity contribution < 1.29 is 9.90 Å². The minimum absolute atomic E-state index is 0.216. The summed E-state index contributed by atoms with van der Waals surface area (Å²) >= 11 is 0. The number of nitrogens with zero attached hydrogens (tertiary/aromatic N) is 4. The molecule has 0 atom stereocenters. The Morgan fingerprint density at radius 3 is 2.59 bits per heavy atom. The molecule has 3 aromatic rings. The summed E-state index contributed by atoms with van der Waals surface area (Å²) in [5, 5.41) is 14.4. The molecule has 1 aliphatic carbocycles. The maximum Gasteiger partial charge on any atom is 0.337 e. The summed E-state index contributed by atoms with van der Waals surface area (Å²) in [6, 6.07) is 11.2. The molecule has 1 aromatic carbocycles. The summed E-state index contributed by atoms with van der Waals surface area (Å²) in [5.41, 5.74) is 2.65. The van der Waals surface area contributed by atoms with Crippen LogP contribution in [0.1, 0.15) is 91.8 Å². The molecule has 0 bridgehead atoms. The third-order valence-electron chi connectivity index (χ3n) is 6.34. The highest BCUT2D eigenvalue weighted by molar-refractivity contribution is 5.94. The second-order valence-electron chi connectivity index (χ2n) is 8.73. The van der Waals surface area contributed by atoms with Gasteiger partial charge in [0, 0.05) is 30.6 Å². The number of aryl methyl sites for hydroxylation is 1. The van der Waals surface area contributed by atoms with Crippen molar-refractivity contribution >= 4 is 5.97 Å². The number of benzene rings is 1. The van der Waals surface area contributed by atoms with Crippen molar-refractivity contribution in [2.75, 3.05) is 0 Å². The highest BCUT2D eigenvalue weighted by atomic mass is 16.4. The van der Waals surface area contributed by atoms with Crippen LogP contribution in [0, 0.1) is 0 Å². The first kappa shape index (κ1) is 22.2. The maximum atomic E-state index is 11.5. The molecular weight excluding hydrogens is 400 g/mol. The summed E-state index contributed by atoms with van der Waals surface area (Å²) < 4.78 is 2.12. The van der Waals surface area contributed by atoms with Crippen molar-refractivity contribution in [2.45, 2.75) is 77.2 Å². The fourth-order valence-electron chi connectivity index (χ4n) is 4.52. The molecule has 168 valence electrons. The van der Waals surface area contributed by atoms with Gasteiger partial charge in [-0.15, -0.1) is 0 Å². The summed E-state index contributed by atoms with van der Waals surface area (Å²) in [7, 11) is 0. The Bertz CT molecular complexity index is 1040. The number of carboxylic acid groups (broad SMARTS) is 1. The number of rotatable bonds is 9. The summed E-state index contributed by atoms with van der Waals surface area (Å²) in [6.07, 6.45) is 12.1. The average molecular weight is 433 g/mol. The minimum atomic E-state index is -0.965. The Kier molecular flexibility index (Phi) is 7.30. The number of carboxylic acids is 1. The van der Waals surface area contributed by atoms with Gasteiger partial charge in [0.15, 0.2) is 5.82 Å². The molecule has 32 heavy (non-hydrogen) atoms. The highest BCUT2D eigenvalue weighted by Gasteiger charge is 2.22. The molecule has 6 nitrogen and oxygen atoms in total. The molecule has 4 rings (SSSR count).